The predicted octanol–water partition coefficient (Wildman–Crippen LogP) is 1.64. The van der Waals surface area contributed by atoms with Crippen molar-refractivity contribution in [2.24, 2.45) is 10.7 Å². The van der Waals surface area contributed by atoms with Gasteiger partial charge in [0, 0.05) is 11.3 Å². The van der Waals surface area contributed by atoms with E-state index in [-0.39, 0.29) is 11.9 Å². The van der Waals surface area contributed by atoms with Crippen LogP contribution in [0.2, 0.25) is 0 Å². The molecule has 0 saturated heterocycles. The molecule has 0 aliphatic carbocycles. The molecule has 1 atom stereocenters. The van der Waals surface area contributed by atoms with E-state index in [0.29, 0.717) is 6.42 Å². The van der Waals surface area contributed by atoms with Crippen LogP contribution in [0.3, 0.4) is 0 Å². The first-order valence-corrected chi connectivity index (χ1v) is 7.36. The zero-order valence-electron chi connectivity index (χ0n) is 11.5. The molecule has 5 nitrogen and oxygen atoms in total. The van der Waals surface area contributed by atoms with Gasteiger partial charge in [0.1, 0.15) is 5.75 Å². The van der Waals surface area contributed by atoms with Gasteiger partial charge in [0.05, 0.1) is 7.11 Å². The average Bonchev–Trinajstić information content (AvgIpc) is 3.09. The van der Waals surface area contributed by atoms with Gasteiger partial charge < -0.3 is 10.5 Å². The number of amides is 1. The Labute approximate surface area is 126 Å². The topological polar surface area (TPSA) is 76.7 Å². The maximum Gasteiger partial charge on any atom is 0.260 e. The number of methoxy groups -OCH3 is 1. The summed E-state index contributed by atoms with van der Waals surface area (Å²) >= 11 is 1.50. The van der Waals surface area contributed by atoms with Crippen molar-refractivity contribution in [1.82, 2.24) is 5.32 Å². The molecule has 1 amide bonds. The van der Waals surface area contributed by atoms with Crippen molar-refractivity contribution in [2.75, 3.05) is 7.11 Å². The molecule has 1 aliphatic heterocycles. The third-order valence-corrected chi connectivity index (χ3v) is 4.50. The molecule has 2 heterocycles. The summed E-state index contributed by atoms with van der Waals surface area (Å²) in [7, 11) is 1.62. The lowest BCUT2D eigenvalue weighted by molar-refractivity contribution is -0.123. The van der Waals surface area contributed by atoms with Gasteiger partial charge in [-0.05, 0) is 29.1 Å². The van der Waals surface area contributed by atoms with Gasteiger partial charge in [-0.25, -0.2) is 4.99 Å². The summed E-state index contributed by atoms with van der Waals surface area (Å²) in [5, 5.41) is 4.54. The zero-order chi connectivity index (χ0) is 14.9. The molecule has 21 heavy (non-hydrogen) atoms. The van der Waals surface area contributed by atoms with Crippen molar-refractivity contribution >= 4 is 23.2 Å². The van der Waals surface area contributed by atoms with Crippen LogP contribution in [0.25, 0.3) is 0 Å². The van der Waals surface area contributed by atoms with Crippen LogP contribution >= 0.6 is 11.3 Å². The molecule has 0 bridgehead atoms. The van der Waals surface area contributed by atoms with Gasteiger partial charge in [0.2, 0.25) is 0 Å². The SMILES string of the molecule is COc1ccc(C[C@@]2(c3cccs3)N=C(N)NC2=O)cc1. The Hall–Kier alpha value is -2.34. The van der Waals surface area contributed by atoms with Gasteiger partial charge >= 0.3 is 0 Å². The van der Waals surface area contributed by atoms with Crippen molar-refractivity contribution in [3.05, 3.63) is 52.2 Å². The van der Waals surface area contributed by atoms with E-state index < -0.39 is 5.54 Å². The lowest BCUT2D eigenvalue weighted by Gasteiger charge is -2.22. The van der Waals surface area contributed by atoms with E-state index in [2.05, 4.69) is 10.3 Å². The number of rotatable bonds is 4. The number of nitrogens with one attached hydrogen (secondary N) is 1. The van der Waals surface area contributed by atoms with Crippen LogP contribution < -0.4 is 15.8 Å². The second-order valence-corrected chi connectivity index (χ2v) is 5.76. The summed E-state index contributed by atoms with van der Waals surface area (Å²) in [5.74, 6) is 0.767. The van der Waals surface area contributed by atoms with Crippen LogP contribution in [0.4, 0.5) is 0 Å². The first-order chi connectivity index (χ1) is 10.1. The third kappa shape index (κ3) is 2.38. The summed E-state index contributed by atoms with van der Waals surface area (Å²) in [6.07, 6.45) is 0.462. The van der Waals surface area contributed by atoms with E-state index in [4.69, 9.17) is 10.5 Å². The molecule has 2 aromatic rings. The van der Waals surface area contributed by atoms with E-state index in [1.165, 1.54) is 11.3 Å². The molecule has 3 N–H and O–H groups in total. The molecule has 0 unspecified atom stereocenters. The molecule has 1 aromatic carbocycles. The molecule has 3 rings (SSSR count). The predicted molar refractivity (Wildman–Crippen MR) is 82.5 cm³/mol. The van der Waals surface area contributed by atoms with Gasteiger partial charge in [-0.2, -0.15) is 0 Å². The minimum Gasteiger partial charge on any atom is -0.497 e. The summed E-state index contributed by atoms with van der Waals surface area (Å²) in [4.78, 5) is 17.7. The minimum atomic E-state index is -0.965. The summed E-state index contributed by atoms with van der Waals surface area (Å²) < 4.78 is 5.15. The number of ether oxygens (including phenoxy) is 1. The lowest BCUT2D eigenvalue weighted by atomic mass is 9.89. The number of carbonyl (C=O) groups is 1. The number of nitrogens with zero attached hydrogens (tertiary/aromatic N) is 1. The monoisotopic (exact) mass is 301 g/mol. The van der Waals surface area contributed by atoms with E-state index in [9.17, 15) is 4.79 Å². The molecule has 1 aliphatic rings. The third-order valence-electron chi connectivity index (χ3n) is 3.48. The van der Waals surface area contributed by atoms with Crippen molar-refractivity contribution in [2.45, 2.75) is 12.0 Å². The van der Waals surface area contributed by atoms with Crippen molar-refractivity contribution < 1.29 is 9.53 Å². The largest absolute Gasteiger partial charge is 0.497 e. The maximum atomic E-state index is 12.4. The molecule has 0 spiro atoms. The number of thiophene rings is 1. The van der Waals surface area contributed by atoms with Crippen molar-refractivity contribution in [3.63, 3.8) is 0 Å². The quantitative estimate of drug-likeness (QED) is 0.901. The van der Waals surface area contributed by atoms with E-state index in [1.54, 1.807) is 7.11 Å². The molecule has 0 saturated carbocycles. The van der Waals surface area contributed by atoms with Crippen LogP contribution in [-0.2, 0) is 16.8 Å². The standard InChI is InChI=1S/C15H15N3O2S/c1-20-11-6-4-10(5-7-11)9-15(12-3-2-8-21-12)13(19)17-14(16)18-15/h2-8H,9H2,1H3,(H3,16,17,18,19)/t15-/m0/s1. The van der Waals surface area contributed by atoms with Crippen molar-refractivity contribution in [1.29, 1.82) is 0 Å². The number of hydrogen-bond acceptors (Lipinski definition) is 5. The maximum absolute atomic E-state index is 12.4. The second-order valence-electron chi connectivity index (χ2n) is 4.81. The molecule has 0 radical (unpaired) electrons. The van der Waals surface area contributed by atoms with Crippen LogP contribution in [-0.4, -0.2) is 19.0 Å². The Kier molecular flexibility index (Phi) is 3.39. The van der Waals surface area contributed by atoms with Gasteiger partial charge in [-0.3, -0.25) is 10.1 Å². The van der Waals surface area contributed by atoms with Crippen LogP contribution in [0.1, 0.15) is 10.4 Å². The number of benzene rings is 1. The molecular weight excluding hydrogens is 286 g/mol. The summed E-state index contributed by atoms with van der Waals surface area (Å²) in [5.41, 5.74) is 5.74. The molecular formula is C15H15N3O2S. The fraction of sp³-hybridized carbons (Fsp3) is 0.200. The Morgan fingerprint density at radius 3 is 2.62 bits per heavy atom. The van der Waals surface area contributed by atoms with Crippen LogP contribution in [0.15, 0.2) is 46.8 Å². The van der Waals surface area contributed by atoms with Gasteiger partial charge in [-0.1, -0.05) is 18.2 Å². The smallest absolute Gasteiger partial charge is 0.260 e. The van der Waals surface area contributed by atoms with Crippen LogP contribution in [0, 0.1) is 0 Å². The fourth-order valence-corrected chi connectivity index (χ4v) is 3.30. The number of hydrogen-bond donors (Lipinski definition) is 2. The molecule has 1 aromatic heterocycles. The second kappa shape index (κ2) is 5.21. The van der Waals surface area contributed by atoms with Gasteiger partial charge in [-0.15, -0.1) is 11.3 Å². The Bertz CT molecular complexity index is 679. The Balaban J connectivity index is 1.99. The molecule has 0 fully saturated rings. The number of carbonyl (C=O) groups excluding carboxylic acids is 1. The Morgan fingerprint density at radius 2 is 2.10 bits per heavy atom. The number of nitrogens with two attached hydrogens (primary N) is 1. The fourth-order valence-electron chi connectivity index (χ4n) is 2.43. The van der Waals surface area contributed by atoms with Gasteiger partial charge in [0.25, 0.3) is 5.91 Å². The molecule has 6 heteroatoms. The average molecular weight is 301 g/mol. The number of guanidine groups is 1. The first kappa shape index (κ1) is 13.6. The van der Waals surface area contributed by atoms with E-state index in [1.807, 2.05) is 41.8 Å². The zero-order valence-corrected chi connectivity index (χ0v) is 12.3. The summed E-state index contributed by atoms with van der Waals surface area (Å²) in [6.45, 7) is 0. The summed E-state index contributed by atoms with van der Waals surface area (Å²) in [6, 6.07) is 11.4. The minimum absolute atomic E-state index is 0.168. The lowest BCUT2D eigenvalue weighted by Crippen LogP contribution is -2.39. The van der Waals surface area contributed by atoms with Gasteiger partial charge in [0.15, 0.2) is 11.5 Å². The van der Waals surface area contributed by atoms with E-state index in [0.717, 1.165) is 16.2 Å². The number of aliphatic imine (C=N–C) groups is 1. The normalized spacial score (nSPS) is 21.0. The highest BCUT2D eigenvalue weighted by Crippen LogP contribution is 2.36. The highest BCUT2D eigenvalue weighted by molar-refractivity contribution is 7.10. The van der Waals surface area contributed by atoms with Crippen molar-refractivity contribution in [3.8, 4) is 5.75 Å². The Morgan fingerprint density at radius 1 is 1.33 bits per heavy atom. The van der Waals surface area contributed by atoms with E-state index >= 15 is 0 Å². The highest BCUT2D eigenvalue weighted by Gasteiger charge is 2.45. The van der Waals surface area contributed by atoms with Crippen LogP contribution in [0.5, 0.6) is 5.75 Å². The first-order valence-electron chi connectivity index (χ1n) is 6.48. The highest BCUT2D eigenvalue weighted by atomic mass is 32.1. The molecule has 108 valence electrons.